The summed E-state index contributed by atoms with van der Waals surface area (Å²) in [6.45, 7) is 7.19. The highest BCUT2D eigenvalue weighted by atomic mass is 16.5. The molecular weight excluding hydrogens is 260 g/mol. The van der Waals surface area contributed by atoms with Gasteiger partial charge in [-0.25, -0.2) is 0 Å². The summed E-state index contributed by atoms with van der Waals surface area (Å²) in [5, 5.41) is 3.59. The maximum Gasteiger partial charge on any atom is 0.138 e. The topological polar surface area (TPSA) is 34.2 Å². The Morgan fingerprint density at radius 2 is 1.86 bits per heavy atom. The normalized spacial score (nSPS) is 12.4. The highest BCUT2D eigenvalue weighted by Gasteiger charge is 2.14. The van der Waals surface area contributed by atoms with E-state index >= 15 is 0 Å². The lowest BCUT2D eigenvalue weighted by Crippen LogP contribution is -2.23. The zero-order valence-electron chi connectivity index (χ0n) is 13.0. The van der Waals surface area contributed by atoms with Gasteiger partial charge in [0.05, 0.1) is 18.3 Å². The van der Waals surface area contributed by atoms with Crippen LogP contribution in [-0.4, -0.2) is 17.6 Å². The van der Waals surface area contributed by atoms with Gasteiger partial charge in [-0.2, -0.15) is 0 Å². The molecule has 0 radical (unpaired) electrons. The van der Waals surface area contributed by atoms with Crippen LogP contribution in [0.5, 0.6) is 5.75 Å². The number of rotatable bonds is 7. The van der Waals surface area contributed by atoms with Gasteiger partial charge in [0.2, 0.25) is 0 Å². The third-order valence-electron chi connectivity index (χ3n) is 3.17. The second kappa shape index (κ2) is 7.79. The summed E-state index contributed by atoms with van der Waals surface area (Å²) in [5.41, 5.74) is 2.38. The average Bonchev–Trinajstić information content (AvgIpc) is 2.48. The molecule has 2 aromatic rings. The molecule has 1 heterocycles. The van der Waals surface area contributed by atoms with E-state index in [0.717, 1.165) is 24.3 Å². The molecule has 21 heavy (non-hydrogen) atoms. The third kappa shape index (κ3) is 4.57. The van der Waals surface area contributed by atoms with Gasteiger partial charge in [-0.15, -0.1) is 0 Å². The molecule has 2 rings (SSSR count). The van der Waals surface area contributed by atoms with Gasteiger partial charge in [-0.1, -0.05) is 37.3 Å². The molecule has 1 aromatic carbocycles. The maximum absolute atomic E-state index is 5.76. The van der Waals surface area contributed by atoms with E-state index in [9.17, 15) is 0 Å². The Bertz CT molecular complexity index is 540. The zero-order valence-corrected chi connectivity index (χ0v) is 13.0. The monoisotopic (exact) mass is 284 g/mol. The Morgan fingerprint density at radius 3 is 2.52 bits per heavy atom. The molecule has 0 bridgehead atoms. The number of hydrogen-bond donors (Lipinski definition) is 1. The lowest BCUT2D eigenvalue weighted by atomic mass is 10.00. The average molecular weight is 284 g/mol. The summed E-state index contributed by atoms with van der Waals surface area (Å²) in [6, 6.07) is 12.7. The molecule has 1 N–H and O–H groups in total. The van der Waals surface area contributed by atoms with Crippen molar-refractivity contribution < 1.29 is 4.74 Å². The fourth-order valence-corrected chi connectivity index (χ4v) is 2.29. The Kier molecular flexibility index (Phi) is 5.76. The van der Waals surface area contributed by atoms with E-state index < -0.39 is 0 Å². The van der Waals surface area contributed by atoms with Crippen molar-refractivity contribution in [2.75, 3.05) is 6.54 Å². The van der Waals surface area contributed by atoms with Crippen molar-refractivity contribution in [3.63, 3.8) is 0 Å². The van der Waals surface area contributed by atoms with Crippen molar-refractivity contribution in [2.45, 2.75) is 39.3 Å². The lowest BCUT2D eigenvalue weighted by Gasteiger charge is -2.20. The second-order valence-electron chi connectivity index (χ2n) is 5.42. The van der Waals surface area contributed by atoms with Gasteiger partial charge >= 0.3 is 0 Å². The van der Waals surface area contributed by atoms with E-state index in [1.165, 1.54) is 5.56 Å². The number of nitrogens with one attached hydrogen (secondary N) is 1. The minimum Gasteiger partial charge on any atom is -0.489 e. The highest BCUT2D eigenvalue weighted by Crippen LogP contribution is 2.24. The van der Waals surface area contributed by atoms with Crippen LogP contribution in [0.4, 0.5) is 0 Å². The number of benzene rings is 1. The van der Waals surface area contributed by atoms with Crippen LogP contribution >= 0.6 is 0 Å². The van der Waals surface area contributed by atoms with Gasteiger partial charge < -0.3 is 10.1 Å². The van der Waals surface area contributed by atoms with Crippen molar-refractivity contribution in [1.82, 2.24) is 10.3 Å². The first-order chi connectivity index (χ1) is 10.2. The molecule has 0 saturated heterocycles. The SMILES string of the molecule is CCCNC(c1ccccc1)c1cncc(OC(C)C)c1. The Balaban J connectivity index is 2.28. The third-order valence-corrected chi connectivity index (χ3v) is 3.17. The van der Waals surface area contributed by atoms with Crippen LogP contribution in [0.1, 0.15) is 44.4 Å². The van der Waals surface area contributed by atoms with E-state index in [2.05, 4.69) is 47.6 Å². The Labute approximate surface area is 127 Å². The molecule has 0 spiro atoms. The number of ether oxygens (including phenoxy) is 1. The summed E-state index contributed by atoms with van der Waals surface area (Å²) in [7, 11) is 0. The Hall–Kier alpha value is -1.87. The van der Waals surface area contributed by atoms with Gasteiger partial charge in [-0.3, -0.25) is 4.98 Å². The molecule has 0 amide bonds. The molecule has 0 fully saturated rings. The maximum atomic E-state index is 5.76. The summed E-state index contributed by atoms with van der Waals surface area (Å²) in [4.78, 5) is 4.33. The predicted octanol–water partition coefficient (Wildman–Crippen LogP) is 3.96. The predicted molar refractivity (Wildman–Crippen MR) is 86.6 cm³/mol. The Morgan fingerprint density at radius 1 is 1.10 bits per heavy atom. The molecule has 3 nitrogen and oxygen atoms in total. The van der Waals surface area contributed by atoms with Gasteiger partial charge in [0.25, 0.3) is 0 Å². The van der Waals surface area contributed by atoms with Crippen molar-refractivity contribution in [2.24, 2.45) is 0 Å². The van der Waals surface area contributed by atoms with Gasteiger partial charge in [0, 0.05) is 6.20 Å². The van der Waals surface area contributed by atoms with Crippen LogP contribution in [0.3, 0.4) is 0 Å². The fourth-order valence-electron chi connectivity index (χ4n) is 2.29. The van der Waals surface area contributed by atoms with E-state index in [0.29, 0.717) is 0 Å². The smallest absolute Gasteiger partial charge is 0.138 e. The minimum atomic E-state index is 0.148. The number of nitrogens with zero attached hydrogens (tertiary/aromatic N) is 1. The van der Waals surface area contributed by atoms with Crippen molar-refractivity contribution in [3.8, 4) is 5.75 Å². The molecule has 0 aliphatic carbocycles. The molecule has 1 atom stereocenters. The summed E-state index contributed by atoms with van der Waals surface area (Å²) in [5.74, 6) is 0.821. The summed E-state index contributed by atoms with van der Waals surface area (Å²) >= 11 is 0. The molecule has 0 aliphatic heterocycles. The van der Waals surface area contributed by atoms with E-state index in [1.54, 1.807) is 6.20 Å². The number of hydrogen-bond acceptors (Lipinski definition) is 3. The molecule has 1 unspecified atom stereocenters. The molecule has 1 aromatic heterocycles. The quantitative estimate of drug-likeness (QED) is 0.835. The van der Waals surface area contributed by atoms with Crippen molar-refractivity contribution in [3.05, 3.63) is 59.9 Å². The summed E-state index contributed by atoms with van der Waals surface area (Å²) in [6.07, 6.45) is 4.93. The van der Waals surface area contributed by atoms with E-state index in [-0.39, 0.29) is 12.1 Å². The van der Waals surface area contributed by atoms with Crippen LogP contribution in [-0.2, 0) is 0 Å². The van der Waals surface area contributed by atoms with E-state index in [4.69, 9.17) is 4.74 Å². The van der Waals surface area contributed by atoms with Crippen molar-refractivity contribution >= 4 is 0 Å². The van der Waals surface area contributed by atoms with Crippen LogP contribution < -0.4 is 10.1 Å². The lowest BCUT2D eigenvalue weighted by molar-refractivity contribution is 0.241. The van der Waals surface area contributed by atoms with Crippen LogP contribution in [0, 0.1) is 0 Å². The molecular formula is C18H24N2O. The molecule has 0 aliphatic rings. The van der Waals surface area contributed by atoms with Crippen LogP contribution in [0.2, 0.25) is 0 Å². The van der Waals surface area contributed by atoms with Crippen LogP contribution in [0.25, 0.3) is 0 Å². The minimum absolute atomic E-state index is 0.148. The number of pyridine rings is 1. The molecule has 112 valence electrons. The van der Waals surface area contributed by atoms with Gasteiger partial charge in [0.1, 0.15) is 5.75 Å². The molecule has 0 saturated carbocycles. The standard InChI is InChI=1S/C18H24N2O/c1-4-10-20-18(15-8-6-5-7-9-15)16-11-17(13-19-12-16)21-14(2)3/h5-9,11-14,18,20H,4,10H2,1-3H3. The summed E-state index contributed by atoms with van der Waals surface area (Å²) < 4.78 is 5.76. The van der Waals surface area contributed by atoms with Gasteiger partial charge in [-0.05, 0) is 44.0 Å². The number of aromatic nitrogens is 1. The first kappa shape index (κ1) is 15.5. The first-order valence-electron chi connectivity index (χ1n) is 7.60. The fraction of sp³-hybridized carbons (Fsp3) is 0.389. The first-order valence-corrected chi connectivity index (χ1v) is 7.60. The van der Waals surface area contributed by atoms with Crippen LogP contribution in [0.15, 0.2) is 48.8 Å². The second-order valence-corrected chi connectivity index (χ2v) is 5.42. The zero-order chi connectivity index (χ0) is 15.1. The molecule has 3 heteroatoms. The van der Waals surface area contributed by atoms with Crippen molar-refractivity contribution in [1.29, 1.82) is 0 Å². The van der Waals surface area contributed by atoms with Gasteiger partial charge in [0.15, 0.2) is 0 Å². The highest BCUT2D eigenvalue weighted by molar-refractivity contribution is 5.34. The largest absolute Gasteiger partial charge is 0.489 e. The van der Waals surface area contributed by atoms with E-state index in [1.807, 2.05) is 26.1 Å².